The predicted molar refractivity (Wildman–Crippen MR) is 56.0 cm³/mol. The highest BCUT2D eigenvalue weighted by Gasteiger charge is 2.07. The summed E-state index contributed by atoms with van der Waals surface area (Å²) in [6.45, 7) is -0.0253. The molecule has 0 saturated carbocycles. The number of ether oxygens (including phenoxy) is 1. The second kappa shape index (κ2) is 5.23. The van der Waals surface area contributed by atoms with E-state index in [1.807, 2.05) is 6.07 Å². The van der Waals surface area contributed by atoms with Crippen molar-refractivity contribution in [3.8, 4) is 11.8 Å². The number of amides is 1. The largest absolute Gasteiger partial charge is 0.495 e. The molecule has 1 N–H and O–H groups in total. The van der Waals surface area contributed by atoms with Crippen LogP contribution < -0.4 is 10.1 Å². The Hall–Kier alpha value is -1.73. The van der Waals surface area contributed by atoms with Crippen LogP contribution in [-0.4, -0.2) is 19.6 Å². The maximum absolute atomic E-state index is 11.4. The molecule has 1 aromatic rings. The van der Waals surface area contributed by atoms with Gasteiger partial charge in [-0.1, -0.05) is 11.6 Å². The molecule has 78 valence electrons. The van der Waals surface area contributed by atoms with E-state index in [2.05, 4.69) is 5.32 Å². The lowest BCUT2D eigenvalue weighted by Gasteiger charge is -2.05. The number of rotatable bonds is 3. The van der Waals surface area contributed by atoms with Gasteiger partial charge >= 0.3 is 0 Å². The molecule has 0 aliphatic carbocycles. The summed E-state index contributed by atoms with van der Waals surface area (Å²) in [5, 5.41) is 11.1. The summed E-state index contributed by atoms with van der Waals surface area (Å²) < 4.78 is 4.94. The Morgan fingerprint density at radius 3 is 2.93 bits per heavy atom. The van der Waals surface area contributed by atoms with E-state index in [0.29, 0.717) is 16.3 Å². The van der Waals surface area contributed by atoms with Crippen LogP contribution in [0.25, 0.3) is 0 Å². The topological polar surface area (TPSA) is 62.1 Å². The minimum Gasteiger partial charge on any atom is -0.495 e. The van der Waals surface area contributed by atoms with Crippen LogP contribution in [0, 0.1) is 11.3 Å². The predicted octanol–water partition coefficient (Wildman–Crippen LogP) is 1.60. The number of methoxy groups -OCH3 is 1. The first-order chi connectivity index (χ1) is 7.19. The minimum absolute atomic E-state index is 0.0253. The van der Waals surface area contributed by atoms with E-state index in [1.165, 1.54) is 13.2 Å². The lowest BCUT2D eigenvalue weighted by atomic mass is 10.2. The second-order valence-corrected chi connectivity index (χ2v) is 3.10. The van der Waals surface area contributed by atoms with Crippen molar-refractivity contribution in [2.75, 3.05) is 13.7 Å². The molecule has 0 spiro atoms. The van der Waals surface area contributed by atoms with Crippen molar-refractivity contribution >= 4 is 17.5 Å². The highest BCUT2D eigenvalue weighted by Crippen LogP contribution is 2.24. The fraction of sp³-hybridized carbons (Fsp3) is 0.200. The van der Waals surface area contributed by atoms with Crippen molar-refractivity contribution in [2.24, 2.45) is 0 Å². The molecule has 4 nitrogen and oxygen atoms in total. The Morgan fingerprint density at radius 2 is 2.40 bits per heavy atom. The Labute approximate surface area is 92.4 Å². The van der Waals surface area contributed by atoms with E-state index in [4.69, 9.17) is 21.6 Å². The van der Waals surface area contributed by atoms with Crippen LogP contribution in [-0.2, 0) is 0 Å². The second-order valence-electron chi connectivity index (χ2n) is 2.69. The molecule has 0 fully saturated rings. The molecule has 0 bridgehead atoms. The molecule has 1 aromatic carbocycles. The summed E-state index contributed by atoms with van der Waals surface area (Å²) in [5.41, 5.74) is 0.399. The number of carbonyl (C=O) groups excluding carboxylic acids is 1. The van der Waals surface area contributed by atoms with Gasteiger partial charge in [0.2, 0.25) is 0 Å². The van der Waals surface area contributed by atoms with Crippen molar-refractivity contribution in [1.82, 2.24) is 5.32 Å². The van der Waals surface area contributed by atoms with E-state index >= 15 is 0 Å². The van der Waals surface area contributed by atoms with Gasteiger partial charge in [0.05, 0.1) is 18.2 Å². The number of hydrogen-bond donors (Lipinski definition) is 1. The molecule has 0 aromatic heterocycles. The third-order valence-electron chi connectivity index (χ3n) is 1.74. The molecular formula is C10H9ClN2O2. The van der Waals surface area contributed by atoms with Crippen LogP contribution in [0.3, 0.4) is 0 Å². The van der Waals surface area contributed by atoms with Gasteiger partial charge in [-0.2, -0.15) is 5.26 Å². The Bertz CT molecular complexity index is 412. The summed E-state index contributed by atoms with van der Waals surface area (Å²) in [6, 6.07) is 6.49. The van der Waals surface area contributed by atoms with Crippen molar-refractivity contribution in [3.63, 3.8) is 0 Å². The van der Waals surface area contributed by atoms with Crippen LogP contribution in [0.2, 0.25) is 5.02 Å². The lowest BCUT2D eigenvalue weighted by Crippen LogP contribution is -2.23. The normalized spacial score (nSPS) is 9.13. The van der Waals surface area contributed by atoms with E-state index in [1.54, 1.807) is 12.1 Å². The number of benzene rings is 1. The maximum Gasteiger partial charge on any atom is 0.252 e. The number of hydrogen-bond acceptors (Lipinski definition) is 3. The fourth-order valence-corrected chi connectivity index (χ4v) is 1.29. The van der Waals surface area contributed by atoms with Crippen LogP contribution >= 0.6 is 11.6 Å². The van der Waals surface area contributed by atoms with Crippen molar-refractivity contribution < 1.29 is 9.53 Å². The van der Waals surface area contributed by atoms with Crippen LogP contribution in [0.15, 0.2) is 18.2 Å². The monoisotopic (exact) mass is 224 g/mol. The maximum atomic E-state index is 11.4. The van der Waals surface area contributed by atoms with Gasteiger partial charge in [-0.3, -0.25) is 4.79 Å². The summed E-state index contributed by atoms with van der Waals surface area (Å²) in [5.74, 6) is 0.176. The van der Waals surface area contributed by atoms with Crippen molar-refractivity contribution in [3.05, 3.63) is 28.8 Å². The number of nitriles is 1. The van der Waals surface area contributed by atoms with Gasteiger partial charge < -0.3 is 10.1 Å². The summed E-state index contributed by atoms with van der Waals surface area (Å²) in [6.07, 6.45) is 0. The third-order valence-corrected chi connectivity index (χ3v) is 2.04. The molecule has 15 heavy (non-hydrogen) atoms. The molecule has 0 aliphatic heterocycles. The molecule has 0 atom stereocenters. The van der Waals surface area contributed by atoms with E-state index in [-0.39, 0.29) is 12.5 Å². The Kier molecular flexibility index (Phi) is 3.95. The highest BCUT2D eigenvalue weighted by atomic mass is 35.5. The third kappa shape index (κ3) is 2.86. The summed E-state index contributed by atoms with van der Waals surface area (Å²) in [4.78, 5) is 11.4. The van der Waals surface area contributed by atoms with Crippen LogP contribution in [0.4, 0.5) is 0 Å². The molecule has 0 aliphatic rings. The smallest absolute Gasteiger partial charge is 0.252 e. The molecule has 0 heterocycles. The zero-order valence-electron chi connectivity index (χ0n) is 8.08. The fourth-order valence-electron chi connectivity index (χ4n) is 1.03. The van der Waals surface area contributed by atoms with Gasteiger partial charge in [0.25, 0.3) is 5.91 Å². The number of nitrogens with one attached hydrogen (secondary N) is 1. The Balaban J connectivity index is 2.84. The van der Waals surface area contributed by atoms with Crippen LogP contribution in [0.1, 0.15) is 10.4 Å². The molecule has 0 radical (unpaired) electrons. The van der Waals surface area contributed by atoms with Gasteiger partial charge in [-0.15, -0.1) is 0 Å². The number of nitrogens with zero attached hydrogens (tertiary/aromatic N) is 1. The highest BCUT2D eigenvalue weighted by molar-refractivity contribution is 6.32. The van der Waals surface area contributed by atoms with E-state index in [9.17, 15) is 4.79 Å². The van der Waals surface area contributed by atoms with E-state index in [0.717, 1.165) is 0 Å². The molecular weight excluding hydrogens is 216 g/mol. The molecule has 0 saturated heterocycles. The first kappa shape index (κ1) is 11.3. The van der Waals surface area contributed by atoms with E-state index < -0.39 is 0 Å². The molecule has 5 heteroatoms. The molecule has 1 rings (SSSR count). The van der Waals surface area contributed by atoms with Gasteiger partial charge in [0.1, 0.15) is 12.3 Å². The van der Waals surface area contributed by atoms with Gasteiger partial charge in [-0.05, 0) is 18.2 Å². The lowest BCUT2D eigenvalue weighted by molar-refractivity contribution is 0.0958. The van der Waals surface area contributed by atoms with Gasteiger partial charge in [0, 0.05) is 5.56 Å². The first-order valence-electron chi connectivity index (χ1n) is 4.17. The average Bonchev–Trinajstić information content (AvgIpc) is 2.25. The SMILES string of the molecule is COc1ccc(C(=O)NCC#N)cc1Cl. The molecule has 1 amide bonds. The Morgan fingerprint density at radius 1 is 1.67 bits per heavy atom. The van der Waals surface area contributed by atoms with Gasteiger partial charge in [-0.25, -0.2) is 0 Å². The number of halogens is 1. The van der Waals surface area contributed by atoms with Crippen molar-refractivity contribution in [2.45, 2.75) is 0 Å². The average molecular weight is 225 g/mol. The van der Waals surface area contributed by atoms with Crippen molar-refractivity contribution in [1.29, 1.82) is 5.26 Å². The molecule has 0 unspecified atom stereocenters. The standard InChI is InChI=1S/C10H9ClN2O2/c1-15-9-3-2-7(6-8(9)11)10(14)13-5-4-12/h2-3,6H,5H2,1H3,(H,13,14). The summed E-state index contributed by atoms with van der Waals surface area (Å²) >= 11 is 5.84. The van der Waals surface area contributed by atoms with Gasteiger partial charge in [0.15, 0.2) is 0 Å². The van der Waals surface area contributed by atoms with Crippen LogP contribution in [0.5, 0.6) is 5.75 Å². The quantitative estimate of drug-likeness (QED) is 0.794. The minimum atomic E-state index is -0.332. The number of carbonyl (C=O) groups is 1. The first-order valence-corrected chi connectivity index (χ1v) is 4.55. The zero-order chi connectivity index (χ0) is 11.3. The summed E-state index contributed by atoms with van der Waals surface area (Å²) in [7, 11) is 1.50. The zero-order valence-corrected chi connectivity index (χ0v) is 8.84.